The van der Waals surface area contributed by atoms with Crippen molar-refractivity contribution in [3.05, 3.63) is 65.9 Å². The highest BCUT2D eigenvalue weighted by atomic mass is 16.4. The second-order valence-corrected chi connectivity index (χ2v) is 21.4. The van der Waals surface area contributed by atoms with Crippen molar-refractivity contribution in [1.29, 1.82) is 0 Å². The fraction of sp³-hybridized carbons (Fsp3) is 0.536. The molecule has 1 aromatic heterocycles. The van der Waals surface area contributed by atoms with Crippen LogP contribution in [-0.2, 0) is 60.8 Å². The smallest absolute Gasteiger partial charge is 0.326 e. The Bertz CT molecular complexity index is 2890. The lowest BCUT2D eigenvalue weighted by molar-refractivity contribution is -0.144. The number of nitrogens with one attached hydrogen (secondary N) is 9. The average molecular weight is 1190 g/mol. The van der Waals surface area contributed by atoms with E-state index in [0.717, 1.165) is 6.42 Å². The first-order chi connectivity index (χ1) is 40.4. The van der Waals surface area contributed by atoms with Crippen molar-refractivity contribution in [2.24, 2.45) is 44.6 Å². The van der Waals surface area contributed by atoms with Crippen LogP contribution in [0.1, 0.15) is 103 Å². The summed E-state index contributed by atoms with van der Waals surface area (Å²) in [5, 5.41) is 42.2. The number of rotatable bonds is 33. The number of aromatic amines is 1. The van der Waals surface area contributed by atoms with Crippen molar-refractivity contribution in [2.75, 3.05) is 26.2 Å². The molecule has 0 saturated carbocycles. The van der Waals surface area contributed by atoms with Gasteiger partial charge >= 0.3 is 5.97 Å². The number of likely N-dealkylation sites (tertiary alicyclic amines) is 1. The summed E-state index contributed by atoms with van der Waals surface area (Å²) in [4.78, 5) is 150. The molecular formula is C56H83N17O12. The van der Waals surface area contributed by atoms with Crippen LogP contribution in [0.5, 0.6) is 5.75 Å². The van der Waals surface area contributed by atoms with E-state index >= 15 is 0 Å². The van der Waals surface area contributed by atoms with Crippen LogP contribution in [0.2, 0.25) is 0 Å². The topological polar surface area (TPSA) is 481 Å². The lowest BCUT2D eigenvalue weighted by atomic mass is 9.96. The summed E-state index contributed by atoms with van der Waals surface area (Å²) in [5.74, 6) is -8.99. The van der Waals surface area contributed by atoms with E-state index in [2.05, 4.69) is 57.5 Å². The number of nitrogens with two attached hydrogens (primary N) is 5. The average Bonchev–Trinajstić information content (AvgIpc) is 4.10. The predicted molar refractivity (Wildman–Crippen MR) is 314 cm³/mol. The molecule has 0 radical (unpaired) electrons. The zero-order valence-corrected chi connectivity index (χ0v) is 48.2. The predicted octanol–water partition coefficient (Wildman–Crippen LogP) is -2.68. The molecule has 3 heterocycles. The number of aromatic nitrogens is 1. The molecule has 2 fully saturated rings. The van der Waals surface area contributed by atoms with Crippen LogP contribution in [0.4, 0.5) is 0 Å². The molecule has 9 amide bonds. The number of carboxylic acid groups (broad SMARTS) is 1. The van der Waals surface area contributed by atoms with Crippen molar-refractivity contribution in [3.8, 4) is 5.75 Å². The normalized spacial score (nSPS) is 17.5. The molecule has 85 heavy (non-hydrogen) atoms. The van der Waals surface area contributed by atoms with E-state index in [1.165, 1.54) is 36.1 Å². The molecule has 29 nitrogen and oxygen atoms in total. The number of para-hydroxylation sites is 1. The van der Waals surface area contributed by atoms with Gasteiger partial charge < -0.3 is 91.3 Å². The Labute approximate surface area is 492 Å². The molecule has 2 aliphatic rings. The zero-order valence-electron chi connectivity index (χ0n) is 48.2. The van der Waals surface area contributed by atoms with Crippen molar-refractivity contribution in [1.82, 2.24) is 52.4 Å². The van der Waals surface area contributed by atoms with E-state index in [-0.39, 0.29) is 95.1 Å². The van der Waals surface area contributed by atoms with Crippen molar-refractivity contribution < 1.29 is 58.2 Å². The minimum Gasteiger partial charge on any atom is -0.508 e. The summed E-state index contributed by atoms with van der Waals surface area (Å²) in [6.45, 7) is 5.68. The van der Waals surface area contributed by atoms with Crippen LogP contribution in [0.3, 0.4) is 0 Å². The Hall–Kier alpha value is -9.02. The third-order valence-corrected chi connectivity index (χ3v) is 14.9. The van der Waals surface area contributed by atoms with Crippen LogP contribution in [0.25, 0.3) is 10.9 Å². The van der Waals surface area contributed by atoms with E-state index < -0.39 is 119 Å². The summed E-state index contributed by atoms with van der Waals surface area (Å²) in [6, 6.07) is 1.92. The third kappa shape index (κ3) is 20.7. The summed E-state index contributed by atoms with van der Waals surface area (Å²) in [5.41, 5.74) is 29.4. The molecule has 10 atom stereocenters. The van der Waals surface area contributed by atoms with E-state index in [0.29, 0.717) is 47.8 Å². The Morgan fingerprint density at radius 2 is 1.26 bits per heavy atom. The number of H-pyrrole nitrogens is 1. The van der Waals surface area contributed by atoms with Gasteiger partial charge in [-0.05, 0) is 106 Å². The summed E-state index contributed by atoms with van der Waals surface area (Å²) in [7, 11) is 0. The molecule has 21 N–H and O–H groups in total. The fourth-order valence-corrected chi connectivity index (χ4v) is 10.0. The lowest BCUT2D eigenvalue weighted by Gasteiger charge is -2.32. The molecule has 3 aromatic rings. The summed E-state index contributed by atoms with van der Waals surface area (Å²) in [6.07, 6.45) is 3.36. The van der Waals surface area contributed by atoms with E-state index in [4.69, 9.17) is 28.7 Å². The molecule has 2 aliphatic heterocycles. The number of phenolic OH excluding ortho intramolecular Hbond substituents is 1. The number of carbonyl (C=O) groups excluding carboxylic acids is 9. The number of hydrogen-bond acceptors (Lipinski definition) is 14. The van der Waals surface area contributed by atoms with Crippen LogP contribution in [-0.4, -0.2) is 172 Å². The number of benzene rings is 2. The highest BCUT2D eigenvalue weighted by Crippen LogP contribution is 2.23. The first-order valence-electron chi connectivity index (χ1n) is 28.6. The Morgan fingerprint density at radius 1 is 0.659 bits per heavy atom. The first kappa shape index (κ1) is 66.8. The van der Waals surface area contributed by atoms with Gasteiger partial charge in [0.15, 0.2) is 11.9 Å². The van der Waals surface area contributed by atoms with Gasteiger partial charge in [-0.15, -0.1) is 0 Å². The molecule has 2 aromatic carbocycles. The Morgan fingerprint density at radius 3 is 1.88 bits per heavy atom. The number of carbonyl (C=O) groups is 10. The number of hydrogen-bond donors (Lipinski definition) is 16. The number of aromatic hydroxyl groups is 1. The van der Waals surface area contributed by atoms with Gasteiger partial charge in [0.2, 0.25) is 53.2 Å². The monoisotopic (exact) mass is 1190 g/mol. The number of fused-ring (bicyclic) bond motifs is 1. The summed E-state index contributed by atoms with van der Waals surface area (Å²) < 4.78 is 0. The van der Waals surface area contributed by atoms with Gasteiger partial charge in [-0.2, -0.15) is 0 Å². The van der Waals surface area contributed by atoms with Gasteiger partial charge in [0, 0.05) is 56.0 Å². The second kappa shape index (κ2) is 32.7. The number of primary amides is 1. The molecule has 0 spiro atoms. The Kier molecular flexibility index (Phi) is 25.7. The van der Waals surface area contributed by atoms with Crippen LogP contribution in [0.15, 0.2) is 64.7 Å². The van der Waals surface area contributed by atoms with Crippen molar-refractivity contribution >= 4 is 82.0 Å². The fourth-order valence-electron chi connectivity index (χ4n) is 10.0. The molecule has 0 aliphatic carbocycles. The van der Waals surface area contributed by atoms with E-state index in [9.17, 15) is 58.2 Å². The number of aliphatic imine (C=N–C) groups is 2. The number of amides is 9. The maximum atomic E-state index is 14.8. The molecule has 0 unspecified atom stereocenters. The molecule has 29 heteroatoms. The quantitative estimate of drug-likeness (QED) is 0.0168. The largest absolute Gasteiger partial charge is 0.508 e. The minimum atomic E-state index is -1.45. The van der Waals surface area contributed by atoms with E-state index in [1.54, 1.807) is 38.2 Å². The van der Waals surface area contributed by atoms with Crippen LogP contribution >= 0.6 is 0 Å². The number of phenols is 1. The second-order valence-electron chi connectivity index (χ2n) is 21.4. The third-order valence-electron chi connectivity index (χ3n) is 14.9. The van der Waals surface area contributed by atoms with Crippen molar-refractivity contribution in [2.45, 2.75) is 159 Å². The van der Waals surface area contributed by atoms with Gasteiger partial charge in [-0.1, -0.05) is 50.6 Å². The Balaban J connectivity index is 1.36. The maximum Gasteiger partial charge on any atom is 0.326 e. The number of aliphatic carboxylic acids is 1. The number of nitrogens with zero attached hydrogens (tertiary/aromatic N) is 3. The number of guanidine groups is 2. The van der Waals surface area contributed by atoms with E-state index in [1.807, 2.05) is 6.07 Å². The first-order valence-corrected chi connectivity index (χ1v) is 28.6. The maximum absolute atomic E-state index is 14.8. The van der Waals surface area contributed by atoms with Crippen LogP contribution in [0, 0.1) is 5.92 Å². The highest BCUT2D eigenvalue weighted by molar-refractivity contribution is 5.99. The van der Waals surface area contributed by atoms with Gasteiger partial charge in [0.05, 0.1) is 6.04 Å². The lowest BCUT2D eigenvalue weighted by Crippen LogP contribution is -2.60. The SMILES string of the molecule is CC[C@H](C)[C@H](NC(=O)[C@@H]1CCCN1C(=O)[C@H](CCCN=C(N)N)NC(=O)[C@H](Cc1c[nH]c2ccccc12)NC(=O)[C@H](C)NC(=O)[C@H](CCC(N)=O)NC(=O)[C@H](CCCN=C(N)N)NC(=O)[C@@H]1CCCN1)C(=O)N[C@@H](Cc1ccc(O)cc1)C(=O)O. The summed E-state index contributed by atoms with van der Waals surface area (Å²) >= 11 is 0. The molecule has 5 rings (SSSR count). The van der Waals surface area contributed by atoms with Gasteiger partial charge in [-0.3, -0.25) is 53.1 Å². The van der Waals surface area contributed by atoms with Crippen molar-refractivity contribution in [3.63, 3.8) is 0 Å². The standard InChI is InChI=1S/C56H83N17O12/c1-4-30(2)45(52(82)71-42(54(84)85)27-32-17-19-34(74)20-18-32)72-51(81)43-16-10-26-73(43)53(83)40(15-9-25-64-56(60)61)69-50(80)41(28-33-29-65-36-12-6-5-11-35(33)36)70-46(76)31(3)66-48(78)39(21-22-44(57)75)68-49(79)38(14-8-24-63-55(58)59)67-47(77)37-13-7-23-62-37/h5-6,11-12,17-20,29-31,37-43,45,62,65,74H,4,7-10,13-16,21-28H2,1-3H3,(H2,57,75)(H,66,78)(H,67,77)(H,68,79)(H,69,80)(H,70,76)(H,71,82)(H,72,81)(H,84,85)(H4,58,59,63)(H4,60,61,64)/t30-,31-,37-,38-,39-,40-,41-,42-,43-,45-/m0/s1. The van der Waals surface area contributed by atoms with Gasteiger partial charge in [0.1, 0.15) is 54.1 Å². The highest BCUT2D eigenvalue weighted by Gasteiger charge is 2.41. The molecule has 0 bridgehead atoms. The number of carboxylic acids is 1. The minimum absolute atomic E-state index is 0.0262. The molecular weight excluding hydrogens is 1100 g/mol. The molecule has 2 saturated heterocycles. The van der Waals surface area contributed by atoms with Gasteiger partial charge in [0.25, 0.3) is 0 Å². The zero-order chi connectivity index (χ0) is 62.3. The molecule has 464 valence electrons. The van der Waals surface area contributed by atoms with Crippen LogP contribution < -0.4 is 71.2 Å². The van der Waals surface area contributed by atoms with Gasteiger partial charge in [-0.25, -0.2) is 4.79 Å².